The van der Waals surface area contributed by atoms with Gasteiger partial charge < -0.3 is 18.3 Å². The number of hydrogen-bond acceptors (Lipinski definition) is 4. The fourth-order valence-electron chi connectivity index (χ4n) is 2.19. The summed E-state index contributed by atoms with van der Waals surface area (Å²) < 4.78 is 22.4. The van der Waals surface area contributed by atoms with Crippen molar-refractivity contribution in [2.45, 2.75) is 27.1 Å². The number of benzene rings is 1. The molecule has 0 aliphatic rings. The summed E-state index contributed by atoms with van der Waals surface area (Å²) in [6, 6.07) is 11.5. The van der Waals surface area contributed by atoms with Gasteiger partial charge in [-0.25, -0.2) is 0 Å². The minimum absolute atomic E-state index is 0.369. The van der Waals surface area contributed by atoms with Crippen LogP contribution in [0, 0.1) is 13.8 Å². The zero-order valence-corrected chi connectivity index (χ0v) is 12.7. The van der Waals surface area contributed by atoms with Crippen molar-refractivity contribution in [3.63, 3.8) is 0 Å². The molecule has 0 aliphatic carbocycles. The number of hydrogen-bond donors (Lipinski definition) is 0. The second kappa shape index (κ2) is 6.43. The molecular formula is C18H18O4. The van der Waals surface area contributed by atoms with Crippen LogP contribution in [-0.4, -0.2) is 0 Å². The van der Waals surface area contributed by atoms with E-state index in [4.69, 9.17) is 18.3 Å². The van der Waals surface area contributed by atoms with Crippen LogP contribution >= 0.6 is 0 Å². The topological polar surface area (TPSA) is 44.7 Å². The molecule has 3 rings (SSSR count). The van der Waals surface area contributed by atoms with Gasteiger partial charge in [-0.15, -0.1) is 0 Å². The van der Waals surface area contributed by atoms with Gasteiger partial charge >= 0.3 is 0 Å². The summed E-state index contributed by atoms with van der Waals surface area (Å²) in [5.41, 5.74) is 2.04. The zero-order chi connectivity index (χ0) is 15.4. The van der Waals surface area contributed by atoms with Gasteiger partial charge in [0.2, 0.25) is 0 Å². The Kier molecular flexibility index (Phi) is 4.19. The quantitative estimate of drug-likeness (QED) is 0.664. The monoisotopic (exact) mass is 298 g/mol. The SMILES string of the molecule is Cc1ccc(C)c(OCc2ccco2)c1OCc1ccco1. The second-order valence-corrected chi connectivity index (χ2v) is 5.09. The predicted octanol–water partition coefficient (Wildman–Crippen LogP) is 4.65. The summed E-state index contributed by atoms with van der Waals surface area (Å²) in [5, 5.41) is 0. The van der Waals surface area contributed by atoms with Gasteiger partial charge in [0.05, 0.1) is 12.5 Å². The third kappa shape index (κ3) is 3.17. The maximum Gasteiger partial charge on any atom is 0.165 e. The Morgan fingerprint density at radius 2 is 1.18 bits per heavy atom. The molecule has 2 heterocycles. The van der Waals surface area contributed by atoms with Crippen LogP contribution in [0.25, 0.3) is 0 Å². The number of furan rings is 2. The van der Waals surface area contributed by atoms with E-state index in [2.05, 4.69) is 0 Å². The van der Waals surface area contributed by atoms with Gasteiger partial charge in [-0.1, -0.05) is 12.1 Å². The third-order valence-corrected chi connectivity index (χ3v) is 3.38. The van der Waals surface area contributed by atoms with E-state index in [0.717, 1.165) is 34.1 Å². The highest BCUT2D eigenvalue weighted by atomic mass is 16.5. The Bertz CT molecular complexity index is 649. The fraction of sp³-hybridized carbons (Fsp3) is 0.222. The number of aryl methyl sites for hydroxylation is 2. The molecule has 0 saturated heterocycles. The predicted molar refractivity (Wildman–Crippen MR) is 82.0 cm³/mol. The molecule has 3 aromatic rings. The van der Waals surface area contributed by atoms with Crippen LogP contribution in [0.4, 0.5) is 0 Å². The van der Waals surface area contributed by atoms with Gasteiger partial charge in [-0.2, -0.15) is 0 Å². The van der Waals surface area contributed by atoms with Crippen LogP contribution in [-0.2, 0) is 13.2 Å². The van der Waals surface area contributed by atoms with Gasteiger partial charge in [0, 0.05) is 0 Å². The van der Waals surface area contributed by atoms with E-state index < -0.39 is 0 Å². The summed E-state index contributed by atoms with van der Waals surface area (Å²) >= 11 is 0. The lowest BCUT2D eigenvalue weighted by Gasteiger charge is -2.16. The lowest BCUT2D eigenvalue weighted by atomic mass is 10.1. The molecular weight excluding hydrogens is 280 g/mol. The highest BCUT2D eigenvalue weighted by Crippen LogP contribution is 2.35. The maximum absolute atomic E-state index is 5.91. The van der Waals surface area contributed by atoms with Crippen LogP contribution in [0.3, 0.4) is 0 Å². The highest BCUT2D eigenvalue weighted by molar-refractivity contribution is 5.51. The number of ether oxygens (including phenoxy) is 2. The molecule has 0 amide bonds. The normalized spacial score (nSPS) is 10.6. The molecule has 114 valence electrons. The Labute approximate surface area is 129 Å². The van der Waals surface area contributed by atoms with Gasteiger partial charge in [-0.05, 0) is 49.2 Å². The molecule has 0 N–H and O–H groups in total. The molecule has 0 radical (unpaired) electrons. The lowest BCUT2D eigenvalue weighted by Crippen LogP contribution is -2.02. The van der Waals surface area contributed by atoms with Crippen molar-refractivity contribution in [3.8, 4) is 11.5 Å². The summed E-state index contributed by atoms with van der Waals surface area (Å²) in [5.74, 6) is 3.03. The first-order chi connectivity index (χ1) is 10.7. The van der Waals surface area contributed by atoms with Crippen molar-refractivity contribution < 1.29 is 18.3 Å². The van der Waals surface area contributed by atoms with Crippen molar-refractivity contribution >= 4 is 0 Å². The van der Waals surface area contributed by atoms with Crippen LogP contribution in [0.15, 0.2) is 57.8 Å². The first-order valence-electron chi connectivity index (χ1n) is 7.14. The van der Waals surface area contributed by atoms with Crippen LogP contribution in [0.1, 0.15) is 22.6 Å². The van der Waals surface area contributed by atoms with Crippen molar-refractivity contribution in [2.75, 3.05) is 0 Å². The molecule has 0 unspecified atom stereocenters. The maximum atomic E-state index is 5.91. The Morgan fingerprint density at radius 3 is 1.55 bits per heavy atom. The summed E-state index contributed by atoms with van der Waals surface area (Å²) in [6.45, 7) is 4.73. The molecule has 4 nitrogen and oxygen atoms in total. The Hall–Kier alpha value is -2.62. The largest absolute Gasteiger partial charge is 0.481 e. The molecule has 0 bridgehead atoms. The smallest absolute Gasteiger partial charge is 0.165 e. The molecule has 4 heteroatoms. The third-order valence-electron chi connectivity index (χ3n) is 3.38. The fourth-order valence-corrected chi connectivity index (χ4v) is 2.19. The number of rotatable bonds is 6. The molecule has 0 aliphatic heterocycles. The first-order valence-corrected chi connectivity index (χ1v) is 7.14. The van der Waals surface area contributed by atoms with Crippen molar-refractivity contribution in [3.05, 3.63) is 71.6 Å². The molecule has 22 heavy (non-hydrogen) atoms. The van der Waals surface area contributed by atoms with Gasteiger partial charge in [0.1, 0.15) is 24.7 Å². The molecule has 0 atom stereocenters. The minimum Gasteiger partial charge on any atom is -0.481 e. The van der Waals surface area contributed by atoms with Crippen LogP contribution < -0.4 is 9.47 Å². The molecule has 0 fully saturated rings. The van der Waals surface area contributed by atoms with E-state index in [0.29, 0.717) is 13.2 Å². The van der Waals surface area contributed by atoms with E-state index >= 15 is 0 Å². The lowest BCUT2D eigenvalue weighted by molar-refractivity contribution is 0.226. The van der Waals surface area contributed by atoms with E-state index in [1.54, 1.807) is 12.5 Å². The molecule has 1 aromatic carbocycles. The molecule has 0 spiro atoms. The summed E-state index contributed by atoms with van der Waals surface area (Å²) in [6.07, 6.45) is 3.27. The molecule has 2 aromatic heterocycles. The zero-order valence-electron chi connectivity index (χ0n) is 12.7. The minimum atomic E-state index is 0.369. The molecule has 0 saturated carbocycles. The summed E-state index contributed by atoms with van der Waals surface area (Å²) in [4.78, 5) is 0. The van der Waals surface area contributed by atoms with E-state index in [9.17, 15) is 0 Å². The van der Waals surface area contributed by atoms with Crippen molar-refractivity contribution in [2.24, 2.45) is 0 Å². The second-order valence-electron chi connectivity index (χ2n) is 5.09. The standard InChI is InChI=1S/C18H18O4/c1-13-7-8-14(2)18(22-12-16-6-4-10-20-16)17(13)21-11-15-5-3-9-19-15/h3-10H,11-12H2,1-2H3. The van der Waals surface area contributed by atoms with Crippen molar-refractivity contribution in [1.29, 1.82) is 0 Å². The highest BCUT2D eigenvalue weighted by Gasteiger charge is 2.13. The van der Waals surface area contributed by atoms with E-state index in [1.807, 2.05) is 50.2 Å². The average molecular weight is 298 g/mol. The average Bonchev–Trinajstić information content (AvgIpc) is 3.19. The van der Waals surface area contributed by atoms with Crippen LogP contribution in [0.5, 0.6) is 11.5 Å². The Balaban J connectivity index is 1.79. The van der Waals surface area contributed by atoms with Crippen molar-refractivity contribution in [1.82, 2.24) is 0 Å². The van der Waals surface area contributed by atoms with Gasteiger partial charge in [0.25, 0.3) is 0 Å². The van der Waals surface area contributed by atoms with E-state index in [-0.39, 0.29) is 0 Å². The van der Waals surface area contributed by atoms with Gasteiger partial charge in [0.15, 0.2) is 11.5 Å². The summed E-state index contributed by atoms with van der Waals surface area (Å²) in [7, 11) is 0. The van der Waals surface area contributed by atoms with Gasteiger partial charge in [-0.3, -0.25) is 0 Å². The Morgan fingerprint density at radius 1 is 0.727 bits per heavy atom. The van der Waals surface area contributed by atoms with Crippen LogP contribution in [0.2, 0.25) is 0 Å². The van der Waals surface area contributed by atoms with E-state index in [1.165, 1.54) is 0 Å². The first kappa shape index (κ1) is 14.3.